The average Bonchev–Trinajstić information content (AvgIpc) is 2.80. The van der Waals surface area contributed by atoms with E-state index in [1.807, 2.05) is 23.2 Å². The van der Waals surface area contributed by atoms with E-state index >= 15 is 0 Å². The Kier molecular flexibility index (Phi) is 6.82. The first-order chi connectivity index (χ1) is 15.9. The van der Waals surface area contributed by atoms with Crippen LogP contribution in [0.3, 0.4) is 0 Å². The maximum absolute atomic E-state index is 13.6. The number of alkyl halides is 1. The molecule has 0 bridgehead atoms. The SMILES string of the molecule is C=CNC1=CCC(/C(=C(/C)c2ccc(F)cc2)N2C=CN=C(N3CC(F)C3)C2C)C=C1CC. The van der Waals surface area contributed by atoms with Gasteiger partial charge in [0.05, 0.1) is 19.1 Å². The van der Waals surface area contributed by atoms with E-state index in [1.54, 1.807) is 12.4 Å². The van der Waals surface area contributed by atoms with E-state index in [9.17, 15) is 8.78 Å². The van der Waals surface area contributed by atoms with E-state index in [1.165, 1.54) is 17.7 Å². The molecule has 0 aromatic heterocycles. The lowest BCUT2D eigenvalue weighted by Crippen LogP contribution is -2.57. The molecule has 3 aliphatic rings. The van der Waals surface area contributed by atoms with Crippen molar-refractivity contribution in [1.29, 1.82) is 0 Å². The van der Waals surface area contributed by atoms with Crippen LogP contribution < -0.4 is 5.32 Å². The summed E-state index contributed by atoms with van der Waals surface area (Å²) in [7, 11) is 0. The number of nitrogens with zero attached hydrogens (tertiary/aromatic N) is 3. The van der Waals surface area contributed by atoms with E-state index in [-0.39, 0.29) is 17.8 Å². The fourth-order valence-corrected chi connectivity index (χ4v) is 4.84. The van der Waals surface area contributed by atoms with Gasteiger partial charge >= 0.3 is 0 Å². The van der Waals surface area contributed by atoms with E-state index in [2.05, 4.69) is 54.7 Å². The predicted molar refractivity (Wildman–Crippen MR) is 131 cm³/mol. The van der Waals surface area contributed by atoms with E-state index < -0.39 is 6.17 Å². The highest BCUT2D eigenvalue weighted by atomic mass is 19.1. The first kappa shape index (κ1) is 23.0. The van der Waals surface area contributed by atoms with Gasteiger partial charge in [0.1, 0.15) is 17.8 Å². The zero-order valence-electron chi connectivity index (χ0n) is 19.6. The molecule has 2 atom stereocenters. The molecular formula is C27H32F2N4. The molecule has 1 N–H and O–H groups in total. The standard InChI is InChI=1S/C27H32F2N4/c1-5-20-15-22(9-12-25(20)30-6-2)26(18(3)21-7-10-23(28)11-8-21)33-14-13-31-27(19(33)4)32-16-24(29)17-32/h6-8,10-15,19,22,24,30H,2,5,9,16-17H2,1,3-4H3/b26-18+. The highest BCUT2D eigenvalue weighted by Gasteiger charge is 2.36. The second kappa shape index (κ2) is 9.77. The van der Waals surface area contributed by atoms with Crippen molar-refractivity contribution in [1.82, 2.24) is 15.1 Å². The van der Waals surface area contributed by atoms with Crippen LogP contribution in [0.25, 0.3) is 5.57 Å². The van der Waals surface area contributed by atoms with Gasteiger partial charge < -0.3 is 15.1 Å². The fraction of sp³-hybridized carbons (Fsp3) is 0.370. The number of rotatable bonds is 6. The lowest BCUT2D eigenvalue weighted by molar-refractivity contribution is 0.123. The molecule has 6 heteroatoms. The van der Waals surface area contributed by atoms with Gasteiger partial charge in [-0.15, -0.1) is 0 Å². The Labute approximate surface area is 195 Å². The van der Waals surface area contributed by atoms with Crippen molar-refractivity contribution < 1.29 is 8.78 Å². The van der Waals surface area contributed by atoms with Crippen LogP contribution in [-0.4, -0.2) is 40.9 Å². The summed E-state index contributed by atoms with van der Waals surface area (Å²) in [6.45, 7) is 10.9. The largest absolute Gasteiger partial charge is 0.362 e. The minimum Gasteiger partial charge on any atom is -0.362 e. The normalized spacial score (nSPS) is 23.8. The van der Waals surface area contributed by atoms with Gasteiger partial charge in [-0.1, -0.05) is 37.8 Å². The summed E-state index contributed by atoms with van der Waals surface area (Å²) in [5, 5.41) is 3.25. The minimum absolute atomic E-state index is 0.0388. The number of hydrogen-bond acceptors (Lipinski definition) is 4. The monoisotopic (exact) mass is 450 g/mol. The Balaban J connectivity index is 1.74. The number of aliphatic imine (C=N–C) groups is 1. The quantitative estimate of drug-likeness (QED) is 0.598. The number of hydrogen-bond donors (Lipinski definition) is 1. The van der Waals surface area contributed by atoms with Gasteiger partial charge in [-0.2, -0.15) is 0 Å². The van der Waals surface area contributed by atoms with Crippen molar-refractivity contribution in [2.75, 3.05) is 13.1 Å². The molecule has 33 heavy (non-hydrogen) atoms. The summed E-state index contributed by atoms with van der Waals surface area (Å²) in [5.41, 5.74) is 5.55. The summed E-state index contributed by atoms with van der Waals surface area (Å²) < 4.78 is 27.2. The molecule has 1 aliphatic carbocycles. The van der Waals surface area contributed by atoms with Gasteiger partial charge in [-0.3, -0.25) is 0 Å². The molecule has 2 unspecified atom stereocenters. The average molecular weight is 451 g/mol. The zero-order chi connectivity index (χ0) is 23.5. The molecule has 4 nitrogen and oxygen atoms in total. The highest BCUT2D eigenvalue weighted by molar-refractivity contribution is 5.90. The number of likely N-dealkylation sites (tertiary alicyclic amines) is 1. The third-order valence-electron chi connectivity index (χ3n) is 6.64. The van der Waals surface area contributed by atoms with E-state index in [0.29, 0.717) is 13.1 Å². The molecular weight excluding hydrogens is 418 g/mol. The topological polar surface area (TPSA) is 30.9 Å². The molecule has 1 fully saturated rings. The van der Waals surface area contributed by atoms with Crippen LogP contribution in [0.2, 0.25) is 0 Å². The van der Waals surface area contributed by atoms with Gasteiger partial charge in [-0.05, 0) is 61.7 Å². The van der Waals surface area contributed by atoms with Crippen LogP contribution in [0.4, 0.5) is 8.78 Å². The summed E-state index contributed by atoms with van der Waals surface area (Å²) in [6, 6.07) is 6.62. The Morgan fingerprint density at radius 3 is 2.64 bits per heavy atom. The summed E-state index contributed by atoms with van der Waals surface area (Å²) in [4.78, 5) is 8.85. The molecule has 0 saturated carbocycles. The lowest BCUT2D eigenvalue weighted by atomic mass is 9.86. The Morgan fingerprint density at radius 2 is 2.00 bits per heavy atom. The van der Waals surface area contributed by atoms with Crippen molar-refractivity contribution in [3.63, 3.8) is 0 Å². The molecule has 1 aromatic rings. The van der Waals surface area contributed by atoms with Crippen molar-refractivity contribution in [3.8, 4) is 0 Å². The van der Waals surface area contributed by atoms with Crippen molar-refractivity contribution >= 4 is 11.4 Å². The first-order valence-electron chi connectivity index (χ1n) is 11.6. The van der Waals surface area contributed by atoms with Crippen LogP contribution in [0.1, 0.15) is 39.2 Å². The van der Waals surface area contributed by atoms with Crippen LogP contribution in [0.5, 0.6) is 0 Å². The van der Waals surface area contributed by atoms with E-state index in [0.717, 1.165) is 41.2 Å². The number of halogens is 2. The van der Waals surface area contributed by atoms with Crippen molar-refractivity contribution in [2.45, 2.75) is 45.8 Å². The molecule has 2 aliphatic heterocycles. The van der Waals surface area contributed by atoms with Crippen molar-refractivity contribution in [2.24, 2.45) is 10.9 Å². The number of amidine groups is 1. The van der Waals surface area contributed by atoms with Crippen LogP contribution in [0.15, 0.2) is 83.6 Å². The molecule has 174 valence electrons. The van der Waals surface area contributed by atoms with Gasteiger partial charge in [0.25, 0.3) is 0 Å². The van der Waals surface area contributed by atoms with Gasteiger partial charge in [-0.25, -0.2) is 13.8 Å². The zero-order valence-corrected chi connectivity index (χ0v) is 19.6. The van der Waals surface area contributed by atoms with Crippen LogP contribution in [0, 0.1) is 11.7 Å². The number of nitrogens with one attached hydrogen (secondary N) is 1. The maximum Gasteiger partial charge on any atom is 0.135 e. The summed E-state index contributed by atoms with van der Waals surface area (Å²) in [6.07, 6.45) is 11.0. The Hall–Kier alpha value is -3.15. The third-order valence-corrected chi connectivity index (χ3v) is 6.64. The second-order valence-corrected chi connectivity index (χ2v) is 8.74. The lowest BCUT2D eigenvalue weighted by Gasteiger charge is -2.44. The molecule has 1 saturated heterocycles. The van der Waals surface area contributed by atoms with E-state index in [4.69, 9.17) is 0 Å². The molecule has 0 spiro atoms. The predicted octanol–water partition coefficient (Wildman–Crippen LogP) is 5.76. The molecule has 0 radical (unpaired) electrons. The molecule has 2 heterocycles. The first-order valence-corrected chi connectivity index (χ1v) is 11.6. The van der Waals surface area contributed by atoms with Crippen molar-refractivity contribution in [3.05, 3.63) is 89.9 Å². The molecule has 4 rings (SSSR count). The van der Waals surface area contributed by atoms with Gasteiger partial charge in [0.2, 0.25) is 0 Å². The maximum atomic E-state index is 13.6. The van der Waals surface area contributed by atoms with Gasteiger partial charge in [0, 0.05) is 29.7 Å². The number of benzene rings is 1. The Bertz CT molecular complexity index is 1040. The summed E-state index contributed by atoms with van der Waals surface area (Å²) in [5.74, 6) is 0.772. The minimum atomic E-state index is -0.787. The van der Waals surface area contributed by atoms with Crippen LogP contribution >= 0.6 is 0 Å². The van der Waals surface area contributed by atoms with Gasteiger partial charge in [0.15, 0.2) is 0 Å². The molecule has 0 amide bonds. The Morgan fingerprint density at radius 1 is 1.27 bits per heavy atom. The second-order valence-electron chi connectivity index (χ2n) is 8.74. The summed E-state index contributed by atoms with van der Waals surface area (Å²) >= 11 is 0. The highest BCUT2D eigenvalue weighted by Crippen LogP contribution is 2.37. The third kappa shape index (κ3) is 4.65. The smallest absolute Gasteiger partial charge is 0.135 e. The fourth-order valence-electron chi connectivity index (χ4n) is 4.84. The number of allylic oxidation sites excluding steroid dienone is 4. The van der Waals surface area contributed by atoms with Crippen LogP contribution in [-0.2, 0) is 0 Å². The molecule has 1 aromatic carbocycles.